The Kier molecular flexibility index (Phi) is 3.18. The van der Waals surface area contributed by atoms with Crippen molar-refractivity contribution < 1.29 is 20.1 Å². The molecule has 3 rings (SSSR count). The number of aliphatic hydroxyl groups is 3. The van der Waals surface area contributed by atoms with Gasteiger partial charge in [-0.2, -0.15) is 0 Å². The summed E-state index contributed by atoms with van der Waals surface area (Å²) in [6.07, 6.45) is -3.03. The predicted molar refractivity (Wildman–Crippen MR) is 68.5 cm³/mol. The molecule has 0 radical (unpaired) electrons. The molecule has 0 aromatic carbocycles. The Hall–Kier alpha value is -1.59. The fourth-order valence-corrected chi connectivity index (χ4v) is 2.50. The van der Waals surface area contributed by atoms with Gasteiger partial charge < -0.3 is 20.1 Å². The lowest BCUT2D eigenvalue weighted by molar-refractivity contribution is -0.0511. The number of imidazole rings is 1. The monoisotopic (exact) mass is 300 g/mol. The topological polar surface area (TPSA) is 136 Å². The van der Waals surface area contributed by atoms with E-state index in [4.69, 9.17) is 22.1 Å². The number of nitrogens with one attached hydrogen (secondary N) is 2. The average Bonchev–Trinajstić information content (AvgIpc) is 2.93. The first-order chi connectivity index (χ1) is 9.52. The highest BCUT2D eigenvalue weighted by Crippen LogP contribution is 2.30. The maximum Gasteiger partial charge on any atom is 0.325 e. The third-order valence-corrected chi connectivity index (χ3v) is 3.55. The highest BCUT2D eigenvalue weighted by molar-refractivity contribution is 7.71. The summed E-state index contributed by atoms with van der Waals surface area (Å²) >= 11 is 4.98. The number of aliphatic hydroxyl groups excluding tert-OH is 3. The van der Waals surface area contributed by atoms with Crippen LogP contribution >= 0.6 is 12.2 Å². The molecular formula is C10H12N4O5S. The van der Waals surface area contributed by atoms with Gasteiger partial charge in [-0.3, -0.25) is 14.5 Å². The Morgan fingerprint density at radius 3 is 2.80 bits per heavy atom. The lowest BCUT2D eigenvalue weighted by atomic mass is 10.1. The molecule has 1 saturated heterocycles. The summed E-state index contributed by atoms with van der Waals surface area (Å²) in [6.45, 7) is -0.433. The predicted octanol–water partition coefficient (Wildman–Crippen LogP) is -1.61. The van der Waals surface area contributed by atoms with Gasteiger partial charge in [0.1, 0.15) is 34.1 Å². The number of hydrogen-bond acceptors (Lipinski definition) is 7. The number of nitrogens with zero attached hydrogens (tertiary/aromatic N) is 2. The van der Waals surface area contributed by atoms with Crippen molar-refractivity contribution in [3.05, 3.63) is 21.5 Å². The third kappa shape index (κ3) is 1.89. The van der Waals surface area contributed by atoms with Crippen LogP contribution in [0.1, 0.15) is 6.23 Å². The summed E-state index contributed by atoms with van der Waals surface area (Å²) in [7, 11) is 0. The van der Waals surface area contributed by atoms with Crippen molar-refractivity contribution in [2.45, 2.75) is 24.5 Å². The molecule has 0 saturated carbocycles. The van der Waals surface area contributed by atoms with Crippen LogP contribution in [0, 0.1) is 4.64 Å². The number of fused-ring (bicyclic) bond motifs is 1. The normalized spacial score (nSPS) is 30.1. The van der Waals surface area contributed by atoms with E-state index in [1.807, 2.05) is 0 Å². The molecule has 0 unspecified atom stereocenters. The molecule has 0 spiro atoms. The van der Waals surface area contributed by atoms with E-state index in [0.29, 0.717) is 5.52 Å². The zero-order valence-electron chi connectivity index (χ0n) is 10.1. The van der Waals surface area contributed by atoms with Crippen LogP contribution in [0.15, 0.2) is 11.1 Å². The molecule has 2 aromatic rings. The first kappa shape index (κ1) is 13.4. The SMILES string of the molecule is O=c1[nH]c(=S)c2ncn([C@H]3O[C@@H](CO)[C@@H](O)[C@@H]3O)c2[nH]1. The van der Waals surface area contributed by atoms with Gasteiger partial charge in [-0.1, -0.05) is 12.2 Å². The molecule has 1 aliphatic rings. The van der Waals surface area contributed by atoms with Crippen LogP contribution in [0.25, 0.3) is 11.2 Å². The molecule has 0 bridgehead atoms. The number of aromatic amines is 2. The maximum absolute atomic E-state index is 11.4. The van der Waals surface area contributed by atoms with Crippen molar-refractivity contribution in [1.82, 2.24) is 19.5 Å². The second kappa shape index (κ2) is 4.75. The Labute approximate surface area is 116 Å². The molecule has 4 atom stereocenters. The molecular weight excluding hydrogens is 288 g/mol. The number of hydrogen-bond donors (Lipinski definition) is 5. The van der Waals surface area contributed by atoms with Crippen LogP contribution in [-0.4, -0.2) is 59.8 Å². The van der Waals surface area contributed by atoms with Crippen LogP contribution in [0.4, 0.5) is 0 Å². The van der Waals surface area contributed by atoms with Crippen LogP contribution in [0.3, 0.4) is 0 Å². The van der Waals surface area contributed by atoms with Crippen LogP contribution in [0.5, 0.6) is 0 Å². The van der Waals surface area contributed by atoms with Gasteiger partial charge in [0, 0.05) is 0 Å². The maximum atomic E-state index is 11.4. The van der Waals surface area contributed by atoms with Crippen LogP contribution < -0.4 is 5.69 Å². The largest absolute Gasteiger partial charge is 0.394 e. The van der Waals surface area contributed by atoms with Crippen LogP contribution in [0.2, 0.25) is 0 Å². The van der Waals surface area contributed by atoms with Crippen molar-refractivity contribution in [2.24, 2.45) is 0 Å². The first-order valence-electron chi connectivity index (χ1n) is 5.84. The van der Waals surface area contributed by atoms with Crippen LogP contribution in [-0.2, 0) is 4.74 Å². The van der Waals surface area contributed by atoms with Crippen molar-refractivity contribution in [3.8, 4) is 0 Å². The molecule has 5 N–H and O–H groups in total. The Morgan fingerprint density at radius 1 is 1.40 bits per heavy atom. The van der Waals surface area contributed by atoms with E-state index < -0.39 is 36.8 Å². The zero-order chi connectivity index (χ0) is 14.4. The minimum atomic E-state index is -1.26. The van der Waals surface area contributed by atoms with E-state index >= 15 is 0 Å². The van der Waals surface area contributed by atoms with Crippen molar-refractivity contribution >= 4 is 23.4 Å². The molecule has 1 fully saturated rings. The Balaban J connectivity index is 2.12. The summed E-state index contributed by atoms with van der Waals surface area (Å²) in [4.78, 5) is 20.4. The third-order valence-electron chi connectivity index (χ3n) is 3.26. The average molecular weight is 300 g/mol. The van der Waals surface area contributed by atoms with Crippen molar-refractivity contribution in [1.29, 1.82) is 0 Å². The fraction of sp³-hybridized carbons (Fsp3) is 0.500. The van der Waals surface area contributed by atoms with Gasteiger partial charge in [-0.05, 0) is 0 Å². The van der Waals surface area contributed by atoms with Gasteiger partial charge in [-0.15, -0.1) is 0 Å². The molecule has 3 heterocycles. The summed E-state index contributed by atoms with van der Waals surface area (Å²) in [5.74, 6) is 0. The second-order valence-electron chi connectivity index (χ2n) is 4.49. The van der Waals surface area contributed by atoms with E-state index in [9.17, 15) is 15.0 Å². The Morgan fingerprint density at radius 2 is 2.15 bits per heavy atom. The van der Waals surface area contributed by atoms with E-state index in [1.165, 1.54) is 10.9 Å². The quantitative estimate of drug-likeness (QED) is 0.421. The number of H-pyrrole nitrogens is 2. The van der Waals surface area contributed by atoms with E-state index in [-0.39, 0.29) is 10.3 Å². The highest BCUT2D eigenvalue weighted by atomic mass is 32.1. The second-order valence-corrected chi connectivity index (χ2v) is 4.89. The smallest absolute Gasteiger partial charge is 0.325 e. The molecule has 1 aliphatic heterocycles. The lowest BCUT2D eigenvalue weighted by Gasteiger charge is -2.16. The molecule has 10 heteroatoms. The fourth-order valence-electron chi connectivity index (χ4n) is 2.25. The number of aromatic nitrogens is 4. The molecule has 0 amide bonds. The van der Waals surface area contributed by atoms with E-state index in [2.05, 4.69) is 15.0 Å². The molecule has 20 heavy (non-hydrogen) atoms. The van der Waals surface area contributed by atoms with E-state index in [1.54, 1.807) is 0 Å². The van der Waals surface area contributed by atoms with Gasteiger partial charge in [0.25, 0.3) is 0 Å². The lowest BCUT2D eigenvalue weighted by Crippen LogP contribution is -2.33. The highest BCUT2D eigenvalue weighted by Gasteiger charge is 2.43. The number of ether oxygens (including phenoxy) is 1. The summed E-state index contributed by atoms with van der Waals surface area (Å²) in [5.41, 5.74) is 0.0990. The zero-order valence-corrected chi connectivity index (χ0v) is 10.9. The Bertz CT molecular complexity index is 752. The summed E-state index contributed by atoms with van der Waals surface area (Å²) < 4.78 is 6.90. The van der Waals surface area contributed by atoms with Gasteiger partial charge in [-0.25, -0.2) is 9.78 Å². The van der Waals surface area contributed by atoms with Crippen molar-refractivity contribution in [2.75, 3.05) is 6.61 Å². The van der Waals surface area contributed by atoms with Crippen molar-refractivity contribution in [3.63, 3.8) is 0 Å². The summed E-state index contributed by atoms with van der Waals surface area (Å²) in [5, 5.41) is 28.8. The standard InChI is InChI=1S/C10H12N4O5S/c15-1-3-5(16)6(17)9(19-3)14-2-11-4-7(14)12-10(18)13-8(4)20/h2-3,5-6,9,15-17H,1H2,(H2,12,13,18,20)/t3-,5+,6-,9-/m0/s1. The molecule has 108 valence electrons. The molecule has 0 aliphatic carbocycles. The first-order valence-corrected chi connectivity index (χ1v) is 6.25. The molecule has 2 aromatic heterocycles. The molecule has 9 nitrogen and oxygen atoms in total. The van der Waals surface area contributed by atoms with E-state index in [0.717, 1.165) is 0 Å². The van der Waals surface area contributed by atoms with Gasteiger partial charge in [0.2, 0.25) is 0 Å². The summed E-state index contributed by atoms with van der Waals surface area (Å²) in [6, 6.07) is 0. The van der Waals surface area contributed by atoms with Gasteiger partial charge >= 0.3 is 5.69 Å². The minimum Gasteiger partial charge on any atom is -0.394 e. The minimum absolute atomic E-state index is 0.161. The van der Waals surface area contributed by atoms with Gasteiger partial charge in [0.15, 0.2) is 6.23 Å². The van der Waals surface area contributed by atoms with Gasteiger partial charge in [0.05, 0.1) is 12.9 Å². The number of rotatable bonds is 2.